The van der Waals surface area contributed by atoms with Crippen molar-refractivity contribution in [3.63, 3.8) is 0 Å². The number of aryl methyl sites for hydroxylation is 2. The third kappa shape index (κ3) is 6.51. The number of hydrogen-bond donors (Lipinski definition) is 1. The summed E-state index contributed by atoms with van der Waals surface area (Å²) < 4.78 is 0. The number of nitrogens with one attached hydrogen (secondary N) is 1. The van der Waals surface area contributed by atoms with Crippen LogP contribution >= 0.6 is 0 Å². The van der Waals surface area contributed by atoms with Crippen molar-refractivity contribution in [1.29, 1.82) is 10.5 Å². The van der Waals surface area contributed by atoms with Gasteiger partial charge in [-0.15, -0.1) is 0 Å². The predicted octanol–water partition coefficient (Wildman–Crippen LogP) is 4.68. The summed E-state index contributed by atoms with van der Waals surface area (Å²) in [5.74, 6) is 1.24. The molecule has 7 nitrogen and oxygen atoms in total. The molecule has 7 heteroatoms. The Morgan fingerprint density at radius 2 is 1.82 bits per heavy atom. The minimum Gasteiger partial charge on any atom is -0.341 e. The summed E-state index contributed by atoms with van der Waals surface area (Å²) in [5, 5.41) is 21.0. The molecule has 0 aliphatic heterocycles. The lowest BCUT2D eigenvalue weighted by molar-refractivity contribution is -0.124. The molecule has 0 aliphatic carbocycles. The first-order valence-electron chi connectivity index (χ1n) is 10.9. The number of nitrogens with zero attached hydrogens (tertiary/aromatic N) is 5. The fourth-order valence-corrected chi connectivity index (χ4v) is 3.47. The zero-order valence-corrected chi connectivity index (χ0v) is 19.5. The van der Waals surface area contributed by atoms with Crippen LogP contribution in [0.25, 0.3) is 6.08 Å². The van der Waals surface area contributed by atoms with Crippen LogP contribution in [0.1, 0.15) is 40.1 Å². The molecule has 3 aromatic rings. The third-order valence-electron chi connectivity index (χ3n) is 5.31. The quantitative estimate of drug-likeness (QED) is 0.499. The maximum Gasteiger partial charge on any atom is 0.246 e. The van der Waals surface area contributed by atoms with Crippen LogP contribution in [0, 0.1) is 36.5 Å². The van der Waals surface area contributed by atoms with Crippen molar-refractivity contribution in [3.8, 4) is 12.1 Å². The molecule has 0 saturated carbocycles. The number of nitriles is 2. The van der Waals surface area contributed by atoms with Crippen molar-refractivity contribution in [2.24, 2.45) is 0 Å². The summed E-state index contributed by atoms with van der Waals surface area (Å²) in [4.78, 5) is 22.7. The number of rotatable bonds is 8. The van der Waals surface area contributed by atoms with Gasteiger partial charge in [0.2, 0.25) is 5.91 Å². The summed E-state index contributed by atoms with van der Waals surface area (Å²) in [5.41, 5.74) is 5.59. The molecule has 2 aromatic carbocycles. The largest absolute Gasteiger partial charge is 0.341 e. The number of carbonyl (C=O) groups excluding carboxylic acids is 1. The molecule has 170 valence electrons. The topological polar surface area (TPSA) is 106 Å². The average molecular weight is 451 g/mol. The van der Waals surface area contributed by atoms with Gasteiger partial charge in [0.05, 0.1) is 24.1 Å². The molecule has 1 aromatic heterocycles. The smallest absolute Gasteiger partial charge is 0.246 e. The van der Waals surface area contributed by atoms with Gasteiger partial charge in [-0.1, -0.05) is 12.1 Å². The maximum atomic E-state index is 12.2. The number of amides is 1. The lowest BCUT2D eigenvalue weighted by Crippen LogP contribution is -2.25. The monoisotopic (exact) mass is 450 g/mol. The van der Waals surface area contributed by atoms with Crippen LogP contribution in [-0.4, -0.2) is 34.4 Å². The zero-order chi connectivity index (χ0) is 24.5. The fourth-order valence-electron chi connectivity index (χ4n) is 3.47. The number of hydrogen-bond acceptors (Lipinski definition) is 6. The van der Waals surface area contributed by atoms with Gasteiger partial charge in [0.1, 0.15) is 11.6 Å². The third-order valence-corrected chi connectivity index (χ3v) is 5.31. The highest BCUT2D eigenvalue weighted by atomic mass is 16.2. The van der Waals surface area contributed by atoms with E-state index in [1.54, 1.807) is 31.5 Å². The molecular weight excluding hydrogens is 424 g/mol. The van der Waals surface area contributed by atoms with Gasteiger partial charge < -0.3 is 10.2 Å². The van der Waals surface area contributed by atoms with Gasteiger partial charge in [-0.2, -0.15) is 10.5 Å². The van der Waals surface area contributed by atoms with E-state index in [0.29, 0.717) is 36.6 Å². The molecule has 0 spiro atoms. The standard InChI is InChI=1S/C27H26N6O/c1-19-15-23(9-10-26(34)33(3)14-4-12-28)16-20(2)27(19)32-24-11-13-30-25(31-24)17-21-5-7-22(18-29)8-6-21/h5-11,13,15-16H,4,14,17H2,1-3H3,(H,30,31,32)/b10-9+. The molecule has 1 heterocycles. The summed E-state index contributed by atoms with van der Waals surface area (Å²) in [6.45, 7) is 4.42. The van der Waals surface area contributed by atoms with Crippen LogP contribution in [-0.2, 0) is 11.2 Å². The molecule has 1 amide bonds. The van der Waals surface area contributed by atoms with Gasteiger partial charge in [-0.3, -0.25) is 4.79 Å². The van der Waals surface area contributed by atoms with E-state index >= 15 is 0 Å². The Labute approximate surface area is 200 Å². The Bertz CT molecular complexity index is 1260. The van der Waals surface area contributed by atoms with Gasteiger partial charge in [0, 0.05) is 38.0 Å². The van der Waals surface area contributed by atoms with E-state index in [4.69, 9.17) is 10.5 Å². The number of carbonyl (C=O) groups is 1. The lowest BCUT2D eigenvalue weighted by atomic mass is 10.0. The van der Waals surface area contributed by atoms with E-state index in [0.717, 1.165) is 27.9 Å². The van der Waals surface area contributed by atoms with E-state index in [9.17, 15) is 4.79 Å². The molecular formula is C27H26N6O. The van der Waals surface area contributed by atoms with Crippen molar-refractivity contribution in [2.45, 2.75) is 26.7 Å². The summed E-state index contributed by atoms with van der Waals surface area (Å²) in [6.07, 6.45) is 5.92. The van der Waals surface area contributed by atoms with Gasteiger partial charge in [-0.05, 0) is 72.5 Å². The lowest BCUT2D eigenvalue weighted by Gasteiger charge is -2.14. The Balaban J connectivity index is 1.72. The Kier molecular flexibility index (Phi) is 8.10. The van der Waals surface area contributed by atoms with Crippen molar-refractivity contribution in [1.82, 2.24) is 14.9 Å². The fraction of sp³-hybridized carbons (Fsp3) is 0.222. The van der Waals surface area contributed by atoms with Crippen LogP contribution in [0.3, 0.4) is 0 Å². The molecule has 0 unspecified atom stereocenters. The molecule has 1 N–H and O–H groups in total. The first-order chi connectivity index (χ1) is 16.4. The molecule has 0 bridgehead atoms. The van der Waals surface area contributed by atoms with Crippen LogP contribution in [0.2, 0.25) is 0 Å². The van der Waals surface area contributed by atoms with Crippen molar-refractivity contribution in [2.75, 3.05) is 18.9 Å². The Morgan fingerprint density at radius 1 is 1.12 bits per heavy atom. The van der Waals surface area contributed by atoms with E-state index in [2.05, 4.69) is 21.4 Å². The molecule has 0 fully saturated rings. The van der Waals surface area contributed by atoms with Gasteiger partial charge in [0.15, 0.2) is 0 Å². The van der Waals surface area contributed by atoms with Crippen molar-refractivity contribution < 1.29 is 4.79 Å². The van der Waals surface area contributed by atoms with Crippen LogP contribution in [0.4, 0.5) is 11.5 Å². The highest BCUT2D eigenvalue weighted by Crippen LogP contribution is 2.26. The van der Waals surface area contributed by atoms with E-state index in [1.165, 1.54) is 11.0 Å². The normalized spacial score (nSPS) is 10.5. The number of benzene rings is 2. The second kappa shape index (κ2) is 11.4. The maximum absolute atomic E-state index is 12.2. The average Bonchev–Trinajstić information content (AvgIpc) is 2.84. The van der Waals surface area contributed by atoms with Gasteiger partial charge >= 0.3 is 0 Å². The SMILES string of the molecule is Cc1cc(/C=C/C(=O)N(C)CCC#N)cc(C)c1Nc1ccnc(Cc2ccc(C#N)cc2)n1. The molecule has 34 heavy (non-hydrogen) atoms. The molecule has 0 atom stereocenters. The van der Waals surface area contributed by atoms with Gasteiger partial charge in [0.25, 0.3) is 0 Å². The van der Waals surface area contributed by atoms with Gasteiger partial charge in [-0.25, -0.2) is 9.97 Å². The predicted molar refractivity (Wildman–Crippen MR) is 132 cm³/mol. The second-order valence-electron chi connectivity index (χ2n) is 8.00. The van der Waals surface area contributed by atoms with E-state index < -0.39 is 0 Å². The molecule has 0 saturated heterocycles. The Hall–Kier alpha value is -4.49. The molecule has 3 rings (SSSR count). The number of likely N-dealkylation sites (N-methyl/N-ethyl adjacent to an activating group) is 1. The molecule has 0 radical (unpaired) electrons. The minimum absolute atomic E-state index is 0.136. The zero-order valence-electron chi connectivity index (χ0n) is 19.5. The minimum atomic E-state index is -0.136. The number of aromatic nitrogens is 2. The van der Waals surface area contributed by atoms with Crippen molar-refractivity contribution >= 4 is 23.5 Å². The van der Waals surface area contributed by atoms with E-state index in [-0.39, 0.29) is 5.91 Å². The Morgan fingerprint density at radius 3 is 2.47 bits per heavy atom. The van der Waals surface area contributed by atoms with Crippen LogP contribution in [0.15, 0.2) is 54.7 Å². The summed E-state index contributed by atoms with van der Waals surface area (Å²) >= 11 is 0. The highest BCUT2D eigenvalue weighted by molar-refractivity contribution is 5.91. The van der Waals surface area contributed by atoms with Crippen LogP contribution < -0.4 is 5.32 Å². The second-order valence-corrected chi connectivity index (χ2v) is 8.00. The van der Waals surface area contributed by atoms with Crippen LogP contribution in [0.5, 0.6) is 0 Å². The van der Waals surface area contributed by atoms with E-state index in [1.807, 2.05) is 50.2 Å². The first kappa shape index (κ1) is 24.2. The first-order valence-corrected chi connectivity index (χ1v) is 10.9. The highest BCUT2D eigenvalue weighted by Gasteiger charge is 2.09. The molecule has 0 aliphatic rings. The summed E-state index contributed by atoms with van der Waals surface area (Å²) in [7, 11) is 1.69. The summed E-state index contributed by atoms with van der Waals surface area (Å²) in [6, 6.07) is 17.4. The van der Waals surface area contributed by atoms with Crippen molar-refractivity contribution in [3.05, 3.63) is 88.4 Å². The number of anilines is 2.